The number of nitrogen functional groups attached to an aromatic ring is 1. The van der Waals surface area contributed by atoms with E-state index < -0.39 is 0 Å². The smallest absolute Gasteiger partial charge is 0.326 e. The van der Waals surface area contributed by atoms with E-state index in [1.165, 1.54) is 12.1 Å². The Morgan fingerprint density at radius 1 is 1.26 bits per heavy atom. The van der Waals surface area contributed by atoms with Gasteiger partial charge in [-0.05, 0) is 48.7 Å². The number of likely N-dealkylation sites (tertiary alicyclic amines) is 1. The topological polar surface area (TPSA) is 84.1 Å². The molecule has 3 N–H and O–H groups in total. The van der Waals surface area contributed by atoms with Crippen LogP contribution in [-0.4, -0.2) is 33.4 Å². The standard InChI is InChI=1S/C20H21FN4O2/c21-14-4-1-3-13(9-14)10-19(26)24-8-2-5-16(12-24)25-18-11-15(22)6-7-17(18)23-20(25)27/h1,3-4,6-7,9,11,16H,2,5,8,10,12,22H2,(H,23,27)/t16-/m0/s1. The third-order valence-electron chi connectivity index (χ3n) is 5.10. The number of aromatic amines is 1. The molecule has 1 aliphatic heterocycles. The fourth-order valence-electron chi connectivity index (χ4n) is 3.83. The number of nitrogens with one attached hydrogen (secondary N) is 1. The number of anilines is 1. The van der Waals surface area contributed by atoms with E-state index in [4.69, 9.17) is 5.73 Å². The summed E-state index contributed by atoms with van der Waals surface area (Å²) in [5.74, 6) is -0.405. The molecule has 0 radical (unpaired) electrons. The van der Waals surface area contributed by atoms with E-state index in [-0.39, 0.29) is 29.9 Å². The van der Waals surface area contributed by atoms with E-state index in [2.05, 4.69) is 4.98 Å². The zero-order valence-electron chi connectivity index (χ0n) is 14.8. The second kappa shape index (κ2) is 6.90. The first-order chi connectivity index (χ1) is 13.0. The number of hydrogen-bond donors (Lipinski definition) is 2. The molecule has 0 bridgehead atoms. The molecule has 0 unspecified atom stereocenters. The fraction of sp³-hybridized carbons (Fsp3) is 0.300. The van der Waals surface area contributed by atoms with Crippen LogP contribution in [0.15, 0.2) is 47.3 Å². The highest BCUT2D eigenvalue weighted by atomic mass is 19.1. The number of rotatable bonds is 3. The van der Waals surface area contributed by atoms with Gasteiger partial charge in [-0.1, -0.05) is 12.1 Å². The van der Waals surface area contributed by atoms with Crippen LogP contribution in [0, 0.1) is 5.82 Å². The van der Waals surface area contributed by atoms with Crippen LogP contribution in [0.5, 0.6) is 0 Å². The molecular weight excluding hydrogens is 347 g/mol. The molecule has 2 aromatic carbocycles. The van der Waals surface area contributed by atoms with Crippen molar-refractivity contribution in [3.8, 4) is 0 Å². The van der Waals surface area contributed by atoms with Crippen molar-refractivity contribution in [3.05, 3.63) is 64.3 Å². The first-order valence-electron chi connectivity index (χ1n) is 9.03. The maximum absolute atomic E-state index is 13.4. The number of carbonyl (C=O) groups is 1. The van der Waals surface area contributed by atoms with E-state index in [1.807, 2.05) is 0 Å². The monoisotopic (exact) mass is 368 g/mol. The van der Waals surface area contributed by atoms with Gasteiger partial charge in [0.05, 0.1) is 23.5 Å². The number of imidazole rings is 1. The van der Waals surface area contributed by atoms with Crippen molar-refractivity contribution in [2.24, 2.45) is 0 Å². The van der Waals surface area contributed by atoms with Crippen LogP contribution in [0.2, 0.25) is 0 Å². The SMILES string of the molecule is Nc1ccc2[nH]c(=O)n([C@H]3CCCN(C(=O)Cc4cccc(F)c4)C3)c2c1. The van der Waals surface area contributed by atoms with Crippen LogP contribution in [-0.2, 0) is 11.2 Å². The van der Waals surface area contributed by atoms with Crippen molar-refractivity contribution < 1.29 is 9.18 Å². The molecule has 0 spiro atoms. The van der Waals surface area contributed by atoms with Crippen LogP contribution >= 0.6 is 0 Å². The molecule has 4 rings (SSSR count). The average molecular weight is 368 g/mol. The van der Waals surface area contributed by atoms with Gasteiger partial charge in [0.2, 0.25) is 5.91 Å². The van der Waals surface area contributed by atoms with Crippen LogP contribution in [0.1, 0.15) is 24.4 Å². The number of carbonyl (C=O) groups excluding carboxylic acids is 1. The zero-order valence-corrected chi connectivity index (χ0v) is 14.8. The number of nitrogens with zero attached hydrogens (tertiary/aromatic N) is 2. The predicted molar refractivity (Wildman–Crippen MR) is 102 cm³/mol. The molecule has 1 aromatic heterocycles. The molecule has 1 fully saturated rings. The van der Waals surface area contributed by atoms with Gasteiger partial charge in [0.1, 0.15) is 5.82 Å². The predicted octanol–water partition coefficient (Wildman–Crippen LogP) is 2.46. The van der Waals surface area contributed by atoms with E-state index in [9.17, 15) is 14.0 Å². The molecular formula is C20H21FN4O2. The molecule has 0 saturated carbocycles. The van der Waals surface area contributed by atoms with Crippen LogP contribution in [0.25, 0.3) is 11.0 Å². The highest BCUT2D eigenvalue weighted by molar-refractivity contribution is 5.80. The number of piperidine rings is 1. The quantitative estimate of drug-likeness (QED) is 0.697. The second-order valence-corrected chi connectivity index (χ2v) is 7.02. The molecule has 140 valence electrons. The summed E-state index contributed by atoms with van der Waals surface area (Å²) in [5, 5.41) is 0. The summed E-state index contributed by atoms with van der Waals surface area (Å²) in [6, 6.07) is 11.3. The minimum Gasteiger partial charge on any atom is -0.399 e. The van der Waals surface area contributed by atoms with E-state index in [1.54, 1.807) is 39.8 Å². The number of amides is 1. The number of fused-ring (bicyclic) bond motifs is 1. The highest BCUT2D eigenvalue weighted by Crippen LogP contribution is 2.25. The lowest BCUT2D eigenvalue weighted by Gasteiger charge is -2.33. The summed E-state index contributed by atoms with van der Waals surface area (Å²) >= 11 is 0. The Morgan fingerprint density at radius 3 is 2.93 bits per heavy atom. The average Bonchev–Trinajstić information content (AvgIpc) is 2.97. The van der Waals surface area contributed by atoms with Gasteiger partial charge in [-0.25, -0.2) is 9.18 Å². The molecule has 27 heavy (non-hydrogen) atoms. The number of aromatic nitrogens is 2. The molecule has 1 aliphatic rings. The van der Waals surface area contributed by atoms with Gasteiger partial charge < -0.3 is 15.6 Å². The Kier molecular flexibility index (Phi) is 4.43. The van der Waals surface area contributed by atoms with Gasteiger partial charge >= 0.3 is 5.69 Å². The van der Waals surface area contributed by atoms with Crippen molar-refractivity contribution in [2.75, 3.05) is 18.8 Å². The maximum atomic E-state index is 13.4. The number of nitrogens with two attached hydrogens (primary N) is 1. The molecule has 2 heterocycles. The minimum absolute atomic E-state index is 0.0577. The Bertz CT molecular complexity index is 1060. The van der Waals surface area contributed by atoms with E-state index in [0.29, 0.717) is 24.3 Å². The Labute approximate surface area is 155 Å². The van der Waals surface area contributed by atoms with Gasteiger partial charge in [-0.2, -0.15) is 0 Å². The highest BCUT2D eigenvalue weighted by Gasteiger charge is 2.27. The van der Waals surface area contributed by atoms with Gasteiger partial charge in [-0.3, -0.25) is 9.36 Å². The summed E-state index contributed by atoms with van der Waals surface area (Å²) in [4.78, 5) is 29.8. The number of hydrogen-bond acceptors (Lipinski definition) is 3. The third kappa shape index (κ3) is 3.45. The van der Waals surface area contributed by atoms with Crippen molar-refractivity contribution >= 4 is 22.6 Å². The molecule has 6 nitrogen and oxygen atoms in total. The maximum Gasteiger partial charge on any atom is 0.326 e. The lowest BCUT2D eigenvalue weighted by atomic mass is 10.0. The zero-order chi connectivity index (χ0) is 19.0. The van der Waals surface area contributed by atoms with Gasteiger partial charge in [0.15, 0.2) is 0 Å². The molecule has 1 saturated heterocycles. The second-order valence-electron chi connectivity index (χ2n) is 7.02. The van der Waals surface area contributed by atoms with Crippen molar-refractivity contribution in [2.45, 2.75) is 25.3 Å². The van der Waals surface area contributed by atoms with E-state index >= 15 is 0 Å². The lowest BCUT2D eigenvalue weighted by Crippen LogP contribution is -2.43. The summed E-state index contributed by atoms with van der Waals surface area (Å²) < 4.78 is 15.1. The van der Waals surface area contributed by atoms with Crippen molar-refractivity contribution in [1.82, 2.24) is 14.5 Å². The molecule has 1 amide bonds. The number of halogens is 1. The first kappa shape index (κ1) is 17.3. The third-order valence-corrected chi connectivity index (χ3v) is 5.10. The fourth-order valence-corrected chi connectivity index (χ4v) is 3.83. The van der Waals surface area contributed by atoms with Crippen molar-refractivity contribution in [3.63, 3.8) is 0 Å². The largest absolute Gasteiger partial charge is 0.399 e. The Morgan fingerprint density at radius 2 is 2.11 bits per heavy atom. The Hall–Kier alpha value is -3.09. The van der Waals surface area contributed by atoms with Crippen molar-refractivity contribution in [1.29, 1.82) is 0 Å². The summed E-state index contributed by atoms with van der Waals surface area (Å²) in [6.07, 6.45) is 1.77. The minimum atomic E-state index is -0.347. The van der Waals surface area contributed by atoms with E-state index in [0.717, 1.165) is 23.9 Å². The summed E-state index contributed by atoms with van der Waals surface area (Å²) in [6.45, 7) is 1.10. The Balaban J connectivity index is 1.56. The first-order valence-corrected chi connectivity index (χ1v) is 9.03. The lowest BCUT2D eigenvalue weighted by molar-refractivity contribution is -0.132. The summed E-state index contributed by atoms with van der Waals surface area (Å²) in [5.41, 5.74) is 8.41. The molecule has 1 atom stereocenters. The van der Waals surface area contributed by atoms with Crippen LogP contribution < -0.4 is 11.4 Å². The van der Waals surface area contributed by atoms with Gasteiger partial charge in [-0.15, -0.1) is 0 Å². The van der Waals surface area contributed by atoms with Gasteiger partial charge in [0.25, 0.3) is 0 Å². The normalized spacial score (nSPS) is 17.4. The van der Waals surface area contributed by atoms with Crippen LogP contribution in [0.3, 0.4) is 0 Å². The molecule has 0 aliphatic carbocycles. The summed E-state index contributed by atoms with van der Waals surface area (Å²) in [7, 11) is 0. The molecule has 7 heteroatoms. The molecule has 3 aromatic rings. The number of benzene rings is 2. The number of H-pyrrole nitrogens is 1. The van der Waals surface area contributed by atoms with Crippen LogP contribution in [0.4, 0.5) is 10.1 Å². The van der Waals surface area contributed by atoms with Gasteiger partial charge in [0, 0.05) is 18.8 Å².